The SMILES string of the molecule is O=C(NC1C2CCC(CC2)[C@@]12CN2)c1cc2ccc(Cl)n2cn1. The largest absolute Gasteiger partial charge is 0.346 e. The summed E-state index contributed by atoms with van der Waals surface area (Å²) in [4.78, 5) is 17.0. The Morgan fingerprint density at radius 1 is 1.35 bits per heavy atom. The van der Waals surface area contributed by atoms with Gasteiger partial charge in [-0.2, -0.15) is 0 Å². The summed E-state index contributed by atoms with van der Waals surface area (Å²) in [6, 6.07) is 5.75. The molecule has 1 saturated heterocycles. The van der Waals surface area contributed by atoms with Crippen LogP contribution in [0.2, 0.25) is 5.15 Å². The summed E-state index contributed by atoms with van der Waals surface area (Å²) >= 11 is 6.06. The summed E-state index contributed by atoms with van der Waals surface area (Å²) < 4.78 is 1.77. The van der Waals surface area contributed by atoms with Crippen LogP contribution in [0.3, 0.4) is 0 Å². The quantitative estimate of drug-likeness (QED) is 0.830. The van der Waals surface area contributed by atoms with E-state index in [9.17, 15) is 4.79 Å². The van der Waals surface area contributed by atoms with E-state index < -0.39 is 0 Å². The number of nitrogens with one attached hydrogen (secondary N) is 2. The highest BCUT2D eigenvalue weighted by atomic mass is 35.5. The lowest BCUT2D eigenvalue weighted by atomic mass is 9.61. The number of halogens is 1. The zero-order valence-electron chi connectivity index (χ0n) is 12.8. The van der Waals surface area contributed by atoms with E-state index in [-0.39, 0.29) is 17.5 Å². The highest BCUT2D eigenvalue weighted by Gasteiger charge is 2.61. The molecule has 2 bridgehead atoms. The van der Waals surface area contributed by atoms with Gasteiger partial charge in [0.25, 0.3) is 5.91 Å². The summed E-state index contributed by atoms with van der Waals surface area (Å²) in [6.07, 6.45) is 6.69. The van der Waals surface area contributed by atoms with Crippen LogP contribution in [-0.2, 0) is 0 Å². The van der Waals surface area contributed by atoms with Crippen molar-refractivity contribution in [2.24, 2.45) is 11.8 Å². The molecule has 3 heterocycles. The Morgan fingerprint density at radius 3 is 2.87 bits per heavy atom. The van der Waals surface area contributed by atoms with Gasteiger partial charge in [0.15, 0.2) is 0 Å². The molecule has 0 aromatic carbocycles. The number of hydrogen-bond donors (Lipinski definition) is 2. The summed E-state index contributed by atoms with van der Waals surface area (Å²) in [5.74, 6) is 1.25. The first-order valence-electron chi connectivity index (χ1n) is 8.36. The standard InChI is InChI=1S/C17H19ClN4O/c18-14-6-5-12-7-13(19-9-22(12)14)16(23)21-15-10-1-3-11(4-2-10)17(15)8-20-17/h5-7,9-11,15,20H,1-4,8H2,(H,21,23)/t10?,11?,15?,17-/m0/s1. The highest BCUT2D eigenvalue weighted by Crippen LogP contribution is 2.51. The molecule has 3 aliphatic carbocycles. The first kappa shape index (κ1) is 13.8. The predicted molar refractivity (Wildman–Crippen MR) is 87.6 cm³/mol. The number of nitrogens with zero attached hydrogens (tertiary/aromatic N) is 2. The zero-order valence-corrected chi connectivity index (χ0v) is 13.5. The third-order valence-electron chi connectivity index (χ3n) is 6.13. The van der Waals surface area contributed by atoms with Crippen molar-refractivity contribution in [2.75, 3.05) is 6.54 Å². The lowest BCUT2D eigenvalue weighted by Gasteiger charge is -2.48. The van der Waals surface area contributed by atoms with Gasteiger partial charge in [0, 0.05) is 6.54 Å². The molecule has 1 amide bonds. The summed E-state index contributed by atoms with van der Waals surface area (Å²) in [5.41, 5.74) is 1.52. The van der Waals surface area contributed by atoms with Gasteiger partial charge in [0.05, 0.1) is 17.1 Å². The van der Waals surface area contributed by atoms with Crippen molar-refractivity contribution >= 4 is 23.0 Å². The number of carbonyl (C=O) groups excluding carboxylic acids is 1. The predicted octanol–water partition coefficient (Wildman–Crippen LogP) is 2.25. The molecule has 6 rings (SSSR count). The fourth-order valence-electron chi connectivity index (χ4n) is 4.81. The smallest absolute Gasteiger partial charge is 0.270 e. The fourth-order valence-corrected chi connectivity index (χ4v) is 5.02. The van der Waals surface area contributed by atoms with Gasteiger partial charge in [-0.15, -0.1) is 0 Å². The van der Waals surface area contributed by atoms with E-state index in [1.54, 1.807) is 16.8 Å². The molecule has 23 heavy (non-hydrogen) atoms. The first-order chi connectivity index (χ1) is 11.2. The maximum absolute atomic E-state index is 12.7. The molecule has 3 saturated carbocycles. The van der Waals surface area contributed by atoms with Crippen molar-refractivity contribution < 1.29 is 4.79 Å². The highest BCUT2D eigenvalue weighted by molar-refractivity contribution is 6.30. The number of aromatic nitrogens is 2. The second-order valence-corrected chi connectivity index (χ2v) is 7.57. The molecule has 0 radical (unpaired) electrons. The second kappa shape index (κ2) is 4.71. The number of carbonyl (C=O) groups is 1. The Morgan fingerprint density at radius 2 is 2.13 bits per heavy atom. The van der Waals surface area contributed by atoms with Gasteiger partial charge >= 0.3 is 0 Å². The fraction of sp³-hybridized carbons (Fsp3) is 0.529. The van der Waals surface area contributed by atoms with Crippen molar-refractivity contribution in [3.05, 3.63) is 35.4 Å². The van der Waals surface area contributed by atoms with Gasteiger partial charge < -0.3 is 10.6 Å². The molecular formula is C17H19ClN4O. The molecule has 120 valence electrons. The minimum Gasteiger partial charge on any atom is -0.346 e. The third kappa shape index (κ3) is 1.96. The molecule has 4 aliphatic rings. The van der Waals surface area contributed by atoms with Crippen molar-refractivity contribution in [3.63, 3.8) is 0 Å². The summed E-state index contributed by atoms with van der Waals surface area (Å²) in [5, 5.41) is 7.45. The van der Waals surface area contributed by atoms with E-state index >= 15 is 0 Å². The van der Waals surface area contributed by atoms with Gasteiger partial charge in [-0.3, -0.25) is 9.20 Å². The molecule has 2 aromatic rings. The summed E-state index contributed by atoms with van der Waals surface area (Å²) in [6.45, 7) is 1.04. The third-order valence-corrected chi connectivity index (χ3v) is 6.44. The van der Waals surface area contributed by atoms with E-state index in [1.807, 2.05) is 12.1 Å². The molecule has 4 fully saturated rings. The van der Waals surface area contributed by atoms with Crippen LogP contribution in [0.4, 0.5) is 0 Å². The second-order valence-electron chi connectivity index (χ2n) is 7.18. The number of hydrogen-bond acceptors (Lipinski definition) is 3. The molecule has 1 aliphatic heterocycles. The molecule has 1 spiro atoms. The molecule has 1 unspecified atom stereocenters. The molecule has 2 atom stereocenters. The Hall–Kier alpha value is -1.59. The van der Waals surface area contributed by atoms with E-state index in [0.717, 1.165) is 18.0 Å². The molecular weight excluding hydrogens is 312 g/mol. The van der Waals surface area contributed by atoms with E-state index in [1.165, 1.54) is 25.7 Å². The first-order valence-corrected chi connectivity index (χ1v) is 8.74. The topological polar surface area (TPSA) is 68.3 Å². The minimum atomic E-state index is -0.0737. The van der Waals surface area contributed by atoms with E-state index in [2.05, 4.69) is 15.6 Å². The zero-order chi connectivity index (χ0) is 15.6. The lowest BCUT2D eigenvalue weighted by Crippen LogP contribution is -2.60. The lowest BCUT2D eigenvalue weighted by molar-refractivity contribution is 0.0631. The Balaban J connectivity index is 1.42. The van der Waals surface area contributed by atoms with Crippen LogP contribution < -0.4 is 10.6 Å². The number of fused-ring (bicyclic) bond motifs is 3. The average Bonchev–Trinajstić information content (AvgIpc) is 3.28. The Bertz CT molecular complexity index is 789. The van der Waals surface area contributed by atoms with Gasteiger partial charge in [0.1, 0.15) is 17.2 Å². The van der Waals surface area contributed by atoms with E-state index in [0.29, 0.717) is 16.8 Å². The molecule has 2 N–H and O–H groups in total. The van der Waals surface area contributed by atoms with Gasteiger partial charge in [-0.1, -0.05) is 11.6 Å². The number of rotatable bonds is 2. The normalized spacial score (nSPS) is 34.9. The van der Waals surface area contributed by atoms with Crippen LogP contribution in [0, 0.1) is 11.8 Å². The maximum Gasteiger partial charge on any atom is 0.270 e. The maximum atomic E-state index is 12.7. The van der Waals surface area contributed by atoms with Crippen LogP contribution in [0.25, 0.3) is 5.52 Å². The van der Waals surface area contributed by atoms with Crippen LogP contribution in [-0.4, -0.2) is 33.4 Å². The van der Waals surface area contributed by atoms with Crippen LogP contribution in [0.1, 0.15) is 36.2 Å². The minimum absolute atomic E-state index is 0.0737. The van der Waals surface area contributed by atoms with Crippen LogP contribution in [0.15, 0.2) is 24.5 Å². The Labute approximate surface area is 139 Å². The van der Waals surface area contributed by atoms with Crippen molar-refractivity contribution in [3.8, 4) is 0 Å². The van der Waals surface area contributed by atoms with Gasteiger partial charge in [-0.25, -0.2) is 4.98 Å². The summed E-state index contributed by atoms with van der Waals surface area (Å²) in [7, 11) is 0. The van der Waals surface area contributed by atoms with Crippen LogP contribution in [0.5, 0.6) is 0 Å². The van der Waals surface area contributed by atoms with Crippen LogP contribution >= 0.6 is 11.6 Å². The van der Waals surface area contributed by atoms with Crippen molar-refractivity contribution in [1.29, 1.82) is 0 Å². The number of amides is 1. The average molecular weight is 331 g/mol. The molecule has 5 nitrogen and oxygen atoms in total. The van der Waals surface area contributed by atoms with Crippen molar-refractivity contribution in [2.45, 2.75) is 37.3 Å². The van der Waals surface area contributed by atoms with Crippen molar-refractivity contribution in [1.82, 2.24) is 20.0 Å². The van der Waals surface area contributed by atoms with E-state index in [4.69, 9.17) is 11.6 Å². The van der Waals surface area contributed by atoms with Gasteiger partial charge in [-0.05, 0) is 55.7 Å². The monoisotopic (exact) mass is 330 g/mol. The Kier molecular flexibility index (Phi) is 2.83. The molecule has 6 heteroatoms. The molecule has 2 aromatic heterocycles. The van der Waals surface area contributed by atoms with Gasteiger partial charge in [0.2, 0.25) is 0 Å².